The third-order valence-electron chi connectivity index (χ3n) is 3.79. The van der Waals surface area contributed by atoms with Gasteiger partial charge in [0.2, 0.25) is 12.7 Å². The Morgan fingerprint density at radius 1 is 1.11 bits per heavy atom. The lowest BCUT2D eigenvalue weighted by Crippen LogP contribution is -2.06. The van der Waals surface area contributed by atoms with E-state index in [0.717, 1.165) is 0 Å². The van der Waals surface area contributed by atoms with Crippen LogP contribution in [0.1, 0.15) is 11.1 Å². The normalized spacial score (nSPS) is 16.4. The first-order chi connectivity index (χ1) is 12.9. The number of hydrogen-bond acceptors (Lipinski definition) is 7. The lowest BCUT2D eigenvalue weighted by atomic mass is 10.1. The molecule has 136 valence electrons. The summed E-state index contributed by atoms with van der Waals surface area (Å²) in [4.78, 5) is 26.6. The summed E-state index contributed by atoms with van der Waals surface area (Å²) in [5, 5.41) is 11.3. The van der Waals surface area contributed by atoms with E-state index in [1.807, 2.05) is 0 Å². The van der Waals surface area contributed by atoms with Gasteiger partial charge in [0.15, 0.2) is 17.2 Å². The molecule has 2 heterocycles. The van der Waals surface area contributed by atoms with Crippen LogP contribution in [0.25, 0.3) is 6.08 Å². The Hall–Kier alpha value is -3.10. The number of aliphatic imine (C=N–C) groups is 1. The van der Waals surface area contributed by atoms with Gasteiger partial charge in [-0.25, -0.2) is 9.79 Å². The highest BCUT2D eigenvalue weighted by Crippen LogP contribution is 2.38. The van der Waals surface area contributed by atoms with Gasteiger partial charge in [-0.2, -0.15) is 0 Å². The molecule has 2 aromatic carbocycles. The van der Waals surface area contributed by atoms with Crippen LogP contribution in [-0.4, -0.2) is 23.6 Å². The largest absolute Gasteiger partial charge is 0.454 e. The van der Waals surface area contributed by atoms with Crippen LogP contribution in [0.5, 0.6) is 11.5 Å². The fraction of sp³-hybridized carbons (Fsp3) is 0.0588. The molecule has 4 rings (SSSR count). The molecule has 0 atom stereocenters. The molecule has 0 fully saturated rings. The first-order valence-corrected chi connectivity index (χ1v) is 8.24. The van der Waals surface area contributed by atoms with E-state index in [9.17, 15) is 14.9 Å². The fourth-order valence-corrected chi connectivity index (χ4v) is 2.90. The minimum atomic E-state index is -0.712. The van der Waals surface area contributed by atoms with Gasteiger partial charge in [-0.3, -0.25) is 10.1 Å². The Bertz CT molecular complexity index is 1060. The minimum Gasteiger partial charge on any atom is -0.454 e. The second-order valence-corrected chi connectivity index (χ2v) is 6.30. The van der Waals surface area contributed by atoms with Crippen molar-refractivity contribution in [3.8, 4) is 11.5 Å². The van der Waals surface area contributed by atoms with Crippen molar-refractivity contribution < 1.29 is 23.9 Å². The van der Waals surface area contributed by atoms with Crippen molar-refractivity contribution >= 4 is 46.8 Å². The summed E-state index contributed by atoms with van der Waals surface area (Å²) in [5.74, 6) is 0.225. The van der Waals surface area contributed by atoms with Crippen molar-refractivity contribution in [2.24, 2.45) is 4.99 Å². The molecule has 0 amide bonds. The van der Waals surface area contributed by atoms with Gasteiger partial charge in [0, 0.05) is 17.7 Å². The quantitative estimate of drug-likeness (QED) is 0.330. The summed E-state index contributed by atoms with van der Waals surface area (Å²) in [6.07, 6.45) is 1.43. The molecule has 0 radical (unpaired) electrons. The van der Waals surface area contributed by atoms with Crippen LogP contribution in [0.4, 0.5) is 5.69 Å². The van der Waals surface area contributed by atoms with Crippen LogP contribution in [0.15, 0.2) is 41.0 Å². The Labute approximate surface area is 161 Å². The Morgan fingerprint density at radius 3 is 2.59 bits per heavy atom. The first-order valence-electron chi connectivity index (χ1n) is 7.48. The third kappa shape index (κ3) is 3.20. The van der Waals surface area contributed by atoms with Crippen LogP contribution in [0.3, 0.4) is 0 Å². The number of nitro benzene ring substituents is 1. The standard InChI is InChI=1S/C17H8Cl2N2O6/c18-10-2-1-8(4-13(10)21(23)24)16-20-12(17(22)27-16)3-9-5-14-15(6-11(9)19)26-7-25-14/h1-6H,7H2. The van der Waals surface area contributed by atoms with E-state index in [1.165, 1.54) is 24.3 Å². The molecule has 2 aliphatic rings. The van der Waals surface area contributed by atoms with Gasteiger partial charge < -0.3 is 14.2 Å². The van der Waals surface area contributed by atoms with Crippen molar-refractivity contribution in [3.05, 3.63) is 67.3 Å². The number of nitro groups is 1. The second kappa shape index (κ2) is 6.57. The number of cyclic esters (lactones) is 1. The summed E-state index contributed by atoms with van der Waals surface area (Å²) in [5.41, 5.74) is 0.409. The zero-order chi connectivity index (χ0) is 19.1. The molecule has 0 saturated carbocycles. The van der Waals surface area contributed by atoms with Gasteiger partial charge in [-0.15, -0.1) is 0 Å². The maximum absolute atomic E-state index is 12.1. The monoisotopic (exact) mass is 406 g/mol. The average molecular weight is 407 g/mol. The molecule has 0 aliphatic carbocycles. The highest BCUT2D eigenvalue weighted by Gasteiger charge is 2.27. The Balaban J connectivity index is 1.71. The lowest BCUT2D eigenvalue weighted by molar-refractivity contribution is -0.384. The third-order valence-corrected chi connectivity index (χ3v) is 4.44. The van der Waals surface area contributed by atoms with E-state index in [-0.39, 0.29) is 34.7 Å². The lowest BCUT2D eigenvalue weighted by Gasteiger charge is -2.01. The molecule has 0 aromatic heterocycles. The maximum Gasteiger partial charge on any atom is 0.363 e. The molecule has 27 heavy (non-hydrogen) atoms. The fourth-order valence-electron chi connectivity index (χ4n) is 2.51. The van der Waals surface area contributed by atoms with E-state index in [0.29, 0.717) is 22.1 Å². The highest BCUT2D eigenvalue weighted by molar-refractivity contribution is 6.33. The van der Waals surface area contributed by atoms with E-state index >= 15 is 0 Å². The molecule has 10 heteroatoms. The smallest absolute Gasteiger partial charge is 0.363 e. The average Bonchev–Trinajstić information content (AvgIpc) is 3.22. The SMILES string of the molecule is O=C1OC(c2ccc(Cl)c([N+](=O)[O-])c2)=NC1=Cc1cc2c(cc1Cl)OCO2. The summed E-state index contributed by atoms with van der Waals surface area (Å²) in [6.45, 7) is 0.0887. The van der Waals surface area contributed by atoms with Gasteiger partial charge >= 0.3 is 5.97 Å². The summed E-state index contributed by atoms with van der Waals surface area (Å²) >= 11 is 12.0. The predicted octanol–water partition coefficient (Wildman–Crippen LogP) is 3.97. The summed E-state index contributed by atoms with van der Waals surface area (Å²) in [6, 6.07) is 7.18. The van der Waals surface area contributed by atoms with E-state index in [1.54, 1.807) is 12.1 Å². The van der Waals surface area contributed by atoms with Crippen LogP contribution in [0.2, 0.25) is 10.0 Å². The van der Waals surface area contributed by atoms with Crippen molar-refractivity contribution in [2.45, 2.75) is 0 Å². The van der Waals surface area contributed by atoms with Crippen LogP contribution >= 0.6 is 23.2 Å². The van der Waals surface area contributed by atoms with E-state index < -0.39 is 10.9 Å². The summed E-state index contributed by atoms with van der Waals surface area (Å²) < 4.78 is 15.6. The molecular weight excluding hydrogens is 399 g/mol. The number of fused-ring (bicyclic) bond motifs is 1. The van der Waals surface area contributed by atoms with Crippen molar-refractivity contribution in [1.82, 2.24) is 0 Å². The number of carbonyl (C=O) groups is 1. The van der Waals surface area contributed by atoms with E-state index in [4.69, 9.17) is 37.4 Å². The zero-order valence-electron chi connectivity index (χ0n) is 13.3. The molecule has 0 bridgehead atoms. The van der Waals surface area contributed by atoms with Crippen molar-refractivity contribution in [2.75, 3.05) is 6.79 Å². The van der Waals surface area contributed by atoms with Gasteiger partial charge in [0.25, 0.3) is 5.69 Å². The second-order valence-electron chi connectivity index (χ2n) is 5.49. The van der Waals surface area contributed by atoms with Gasteiger partial charge in [-0.1, -0.05) is 23.2 Å². The maximum atomic E-state index is 12.1. The first kappa shape index (κ1) is 17.3. The number of halogens is 2. The number of esters is 1. The van der Waals surface area contributed by atoms with Crippen LogP contribution in [-0.2, 0) is 9.53 Å². The molecule has 0 spiro atoms. The molecular formula is C17H8Cl2N2O6. The number of rotatable bonds is 3. The predicted molar refractivity (Wildman–Crippen MR) is 96.3 cm³/mol. The minimum absolute atomic E-state index is 0.0108. The number of carbonyl (C=O) groups excluding carboxylic acids is 1. The Morgan fingerprint density at radius 2 is 1.85 bits per heavy atom. The van der Waals surface area contributed by atoms with Gasteiger partial charge in [0.05, 0.1) is 9.95 Å². The summed E-state index contributed by atoms with van der Waals surface area (Å²) in [7, 11) is 0. The van der Waals surface area contributed by atoms with Gasteiger partial charge in [-0.05, 0) is 29.8 Å². The number of ether oxygens (including phenoxy) is 3. The number of nitrogens with zero attached hydrogens (tertiary/aromatic N) is 2. The number of benzene rings is 2. The molecule has 2 aliphatic heterocycles. The van der Waals surface area contributed by atoms with Crippen LogP contribution in [0, 0.1) is 10.1 Å². The number of hydrogen-bond donors (Lipinski definition) is 0. The van der Waals surface area contributed by atoms with Gasteiger partial charge in [0.1, 0.15) is 5.02 Å². The molecule has 2 aromatic rings. The van der Waals surface area contributed by atoms with Crippen LogP contribution < -0.4 is 9.47 Å². The van der Waals surface area contributed by atoms with Crippen molar-refractivity contribution in [1.29, 1.82) is 0 Å². The molecule has 8 nitrogen and oxygen atoms in total. The Kier molecular flexibility index (Phi) is 4.21. The van der Waals surface area contributed by atoms with E-state index in [2.05, 4.69) is 4.99 Å². The van der Waals surface area contributed by atoms with Crippen molar-refractivity contribution in [3.63, 3.8) is 0 Å². The molecule has 0 N–H and O–H groups in total. The highest BCUT2D eigenvalue weighted by atomic mass is 35.5. The zero-order valence-corrected chi connectivity index (χ0v) is 14.8. The molecule has 0 saturated heterocycles. The molecule has 0 unspecified atom stereocenters. The topological polar surface area (TPSA) is 100 Å².